The van der Waals surface area contributed by atoms with E-state index < -0.39 is 6.04 Å². The van der Waals surface area contributed by atoms with E-state index in [9.17, 15) is 4.79 Å². The van der Waals surface area contributed by atoms with Crippen LogP contribution in [0.4, 0.5) is 0 Å². The van der Waals surface area contributed by atoms with Crippen LogP contribution >= 0.6 is 0 Å². The molecule has 1 unspecified atom stereocenters. The second-order valence-electron chi connectivity index (χ2n) is 5.50. The monoisotopic (exact) mass is 282 g/mol. The van der Waals surface area contributed by atoms with Crippen LogP contribution in [0, 0.1) is 0 Å². The second-order valence-corrected chi connectivity index (χ2v) is 5.50. The molecule has 3 nitrogen and oxygen atoms in total. The Bertz CT molecular complexity index is 527. The Kier molecular flexibility index (Phi) is 5.12. The highest BCUT2D eigenvalue weighted by Gasteiger charge is 2.29. The van der Waals surface area contributed by atoms with Gasteiger partial charge in [0.05, 0.1) is 6.04 Å². The average molecular weight is 282 g/mol. The van der Waals surface area contributed by atoms with Crippen molar-refractivity contribution in [2.75, 3.05) is 0 Å². The molecule has 0 aromatic heterocycles. The van der Waals surface area contributed by atoms with Crippen LogP contribution in [0.25, 0.3) is 0 Å². The van der Waals surface area contributed by atoms with E-state index in [0.717, 1.165) is 11.1 Å². The van der Waals surface area contributed by atoms with Gasteiger partial charge < -0.3 is 11.1 Å². The van der Waals surface area contributed by atoms with Crippen molar-refractivity contribution in [1.82, 2.24) is 5.32 Å². The molecule has 3 N–H and O–H groups in total. The first kappa shape index (κ1) is 15.3. The Balaban J connectivity index is 2.47. The average Bonchev–Trinajstić information content (AvgIpc) is 2.48. The number of amides is 1. The molecule has 0 radical (unpaired) electrons. The molecule has 0 fully saturated rings. The van der Waals surface area contributed by atoms with E-state index in [1.807, 2.05) is 74.5 Å². The molecule has 0 aliphatic carbocycles. The number of carbonyl (C=O) groups is 1. The van der Waals surface area contributed by atoms with Crippen molar-refractivity contribution in [1.29, 1.82) is 0 Å². The highest BCUT2D eigenvalue weighted by Crippen LogP contribution is 2.28. The lowest BCUT2D eigenvalue weighted by Gasteiger charge is -2.28. The molecular weight excluding hydrogens is 260 g/mol. The number of carbonyl (C=O) groups excluding carboxylic acids is 1. The molecule has 0 aliphatic rings. The zero-order valence-corrected chi connectivity index (χ0v) is 12.5. The van der Waals surface area contributed by atoms with Gasteiger partial charge in [0.15, 0.2) is 0 Å². The molecule has 110 valence electrons. The van der Waals surface area contributed by atoms with E-state index >= 15 is 0 Å². The summed E-state index contributed by atoms with van der Waals surface area (Å²) in [5.41, 5.74) is 7.83. The summed E-state index contributed by atoms with van der Waals surface area (Å²) in [6.45, 7) is 4.03. The molecule has 21 heavy (non-hydrogen) atoms. The van der Waals surface area contributed by atoms with Gasteiger partial charge in [-0.2, -0.15) is 0 Å². The third-order valence-corrected chi connectivity index (χ3v) is 3.47. The fraction of sp³-hybridized carbons (Fsp3) is 0.278. The van der Waals surface area contributed by atoms with E-state index in [2.05, 4.69) is 5.32 Å². The van der Waals surface area contributed by atoms with E-state index in [0.29, 0.717) is 0 Å². The molecule has 0 bridgehead atoms. The summed E-state index contributed by atoms with van der Waals surface area (Å²) in [6, 6.07) is 19.8. The van der Waals surface area contributed by atoms with E-state index in [4.69, 9.17) is 5.73 Å². The third-order valence-electron chi connectivity index (χ3n) is 3.47. The smallest absolute Gasteiger partial charge is 0.235 e. The summed E-state index contributed by atoms with van der Waals surface area (Å²) >= 11 is 0. The molecule has 1 atom stereocenters. The number of hydrogen-bond acceptors (Lipinski definition) is 2. The van der Waals surface area contributed by atoms with Gasteiger partial charge in [-0.25, -0.2) is 0 Å². The van der Waals surface area contributed by atoms with Gasteiger partial charge in [0.1, 0.15) is 0 Å². The van der Waals surface area contributed by atoms with Crippen molar-refractivity contribution in [3.8, 4) is 0 Å². The van der Waals surface area contributed by atoms with Gasteiger partial charge in [-0.15, -0.1) is 0 Å². The van der Waals surface area contributed by atoms with Gasteiger partial charge in [-0.1, -0.05) is 74.5 Å². The Morgan fingerprint density at radius 1 is 0.905 bits per heavy atom. The number of benzene rings is 2. The number of nitrogens with two attached hydrogens (primary N) is 1. The number of primary amides is 1. The largest absolute Gasteiger partial charge is 0.368 e. The number of rotatable bonds is 6. The highest BCUT2D eigenvalue weighted by atomic mass is 16.1. The number of nitrogens with one attached hydrogen (secondary N) is 1. The van der Waals surface area contributed by atoms with Crippen molar-refractivity contribution in [2.24, 2.45) is 5.73 Å². The van der Waals surface area contributed by atoms with E-state index in [1.54, 1.807) is 0 Å². The van der Waals surface area contributed by atoms with Gasteiger partial charge in [0.2, 0.25) is 5.91 Å². The van der Waals surface area contributed by atoms with Crippen LogP contribution in [0.2, 0.25) is 0 Å². The maximum Gasteiger partial charge on any atom is 0.235 e. The molecule has 0 heterocycles. The molecule has 0 saturated heterocycles. The normalized spacial score (nSPS) is 12.6. The van der Waals surface area contributed by atoms with Gasteiger partial charge in [0.25, 0.3) is 0 Å². The van der Waals surface area contributed by atoms with Crippen molar-refractivity contribution in [3.05, 3.63) is 71.8 Å². The van der Waals surface area contributed by atoms with Gasteiger partial charge in [0, 0.05) is 12.0 Å². The van der Waals surface area contributed by atoms with Crippen LogP contribution in [0.1, 0.15) is 30.9 Å². The van der Waals surface area contributed by atoms with Crippen molar-refractivity contribution >= 4 is 5.91 Å². The summed E-state index contributed by atoms with van der Waals surface area (Å²) in [5, 5.41) is 3.30. The van der Waals surface area contributed by atoms with Crippen LogP contribution in [0.3, 0.4) is 0 Å². The zero-order valence-electron chi connectivity index (χ0n) is 12.5. The van der Waals surface area contributed by atoms with Gasteiger partial charge in [-0.3, -0.25) is 4.79 Å². The first-order chi connectivity index (χ1) is 10.1. The van der Waals surface area contributed by atoms with Crippen LogP contribution in [0.5, 0.6) is 0 Å². The summed E-state index contributed by atoms with van der Waals surface area (Å²) in [4.78, 5) is 12.0. The fourth-order valence-electron chi connectivity index (χ4n) is 2.60. The zero-order chi connectivity index (χ0) is 15.2. The Morgan fingerprint density at radius 2 is 1.33 bits per heavy atom. The second kappa shape index (κ2) is 7.04. The maximum absolute atomic E-state index is 12.0. The fourth-order valence-corrected chi connectivity index (χ4v) is 2.60. The Hall–Kier alpha value is -2.13. The number of hydrogen-bond donors (Lipinski definition) is 2. The summed E-state index contributed by atoms with van der Waals surface area (Å²) in [5.74, 6) is -0.422. The van der Waals surface area contributed by atoms with Crippen molar-refractivity contribution in [3.63, 3.8) is 0 Å². The lowest BCUT2D eigenvalue weighted by Crippen LogP contribution is -2.48. The topological polar surface area (TPSA) is 55.1 Å². The standard InChI is InChI=1S/C18H22N2O/c1-13(2)20-17(18(19)21)16(14-9-5-3-6-10-14)15-11-7-4-8-12-15/h3-13,16-17,20H,1-2H3,(H2,19,21). The minimum absolute atomic E-state index is 0.0905. The Morgan fingerprint density at radius 3 is 1.67 bits per heavy atom. The molecule has 3 heteroatoms. The van der Waals surface area contributed by atoms with Crippen LogP contribution in [-0.4, -0.2) is 18.0 Å². The molecule has 2 aromatic carbocycles. The maximum atomic E-state index is 12.0. The first-order valence-corrected chi connectivity index (χ1v) is 7.25. The lowest BCUT2D eigenvalue weighted by atomic mass is 9.84. The highest BCUT2D eigenvalue weighted by molar-refractivity contribution is 5.82. The van der Waals surface area contributed by atoms with E-state index in [-0.39, 0.29) is 17.9 Å². The molecule has 2 aromatic rings. The molecule has 2 rings (SSSR count). The summed E-state index contributed by atoms with van der Waals surface area (Å²) in [7, 11) is 0. The lowest BCUT2D eigenvalue weighted by molar-refractivity contribution is -0.120. The molecule has 0 aliphatic heterocycles. The van der Waals surface area contributed by atoms with Crippen LogP contribution < -0.4 is 11.1 Å². The van der Waals surface area contributed by atoms with Crippen molar-refractivity contribution < 1.29 is 4.79 Å². The third kappa shape index (κ3) is 3.92. The molecular formula is C18H22N2O. The minimum Gasteiger partial charge on any atom is -0.368 e. The minimum atomic E-state index is -0.435. The van der Waals surface area contributed by atoms with Crippen LogP contribution in [0.15, 0.2) is 60.7 Å². The predicted octanol–water partition coefficient (Wildman–Crippen LogP) is 2.67. The van der Waals surface area contributed by atoms with Gasteiger partial charge >= 0.3 is 0 Å². The Labute approximate surface area is 126 Å². The summed E-state index contributed by atoms with van der Waals surface area (Å²) < 4.78 is 0. The quantitative estimate of drug-likeness (QED) is 0.856. The molecule has 1 amide bonds. The van der Waals surface area contributed by atoms with Crippen LogP contribution in [-0.2, 0) is 4.79 Å². The van der Waals surface area contributed by atoms with E-state index in [1.165, 1.54) is 0 Å². The SMILES string of the molecule is CC(C)NC(C(N)=O)C(c1ccccc1)c1ccccc1. The predicted molar refractivity (Wildman–Crippen MR) is 86.0 cm³/mol. The van der Waals surface area contributed by atoms with Crippen molar-refractivity contribution in [2.45, 2.75) is 31.8 Å². The first-order valence-electron chi connectivity index (χ1n) is 7.25. The summed E-state index contributed by atoms with van der Waals surface area (Å²) in [6.07, 6.45) is 0. The molecule has 0 spiro atoms. The molecule has 0 saturated carbocycles. The van der Waals surface area contributed by atoms with Gasteiger partial charge in [-0.05, 0) is 11.1 Å².